The molecule has 0 unspecified atom stereocenters. The molecule has 0 aliphatic carbocycles. The molecule has 1 aromatic heterocycles. The molecular formula is C16H10ClN3O6. The number of carbonyl (C=O) groups is 1. The molecule has 0 amide bonds. The lowest BCUT2D eigenvalue weighted by atomic mass is 10.2. The van der Waals surface area contributed by atoms with Crippen molar-refractivity contribution >= 4 is 39.8 Å². The summed E-state index contributed by atoms with van der Waals surface area (Å²) in [7, 11) is 0. The van der Waals surface area contributed by atoms with E-state index in [2.05, 4.69) is 4.98 Å². The Morgan fingerprint density at radius 2 is 1.69 bits per heavy atom. The molecular weight excluding hydrogens is 366 g/mol. The van der Waals surface area contributed by atoms with Crippen molar-refractivity contribution in [3.63, 3.8) is 0 Å². The van der Waals surface area contributed by atoms with Crippen LogP contribution in [-0.4, -0.2) is 25.9 Å². The lowest BCUT2D eigenvalue weighted by molar-refractivity contribution is -0.385. The van der Waals surface area contributed by atoms with Gasteiger partial charge in [-0.15, -0.1) is 0 Å². The van der Waals surface area contributed by atoms with Crippen molar-refractivity contribution in [3.05, 3.63) is 85.5 Å². The predicted molar refractivity (Wildman–Crippen MR) is 93.5 cm³/mol. The number of rotatable bonds is 3. The van der Waals surface area contributed by atoms with E-state index < -0.39 is 27.1 Å². The Bertz CT molecular complexity index is 1000. The maximum Gasteiger partial charge on any atom is 0.342 e. The Hall–Kier alpha value is -3.59. The summed E-state index contributed by atoms with van der Waals surface area (Å²) in [6.45, 7) is 0. The van der Waals surface area contributed by atoms with Gasteiger partial charge in [0.05, 0.1) is 20.7 Å². The highest BCUT2D eigenvalue weighted by atomic mass is 35.5. The maximum atomic E-state index is 10.6. The Balaban J connectivity index is 0.000000187. The molecule has 9 nitrogen and oxygen atoms in total. The maximum absolute atomic E-state index is 10.6. The highest BCUT2D eigenvalue weighted by Crippen LogP contribution is 2.23. The molecule has 0 fully saturated rings. The quantitative estimate of drug-likeness (QED) is 0.537. The number of nitro benzene ring substituents is 2. The van der Waals surface area contributed by atoms with E-state index in [4.69, 9.17) is 16.7 Å². The minimum absolute atomic E-state index is 0.102. The molecule has 1 heterocycles. The Labute approximate surface area is 150 Å². The topological polar surface area (TPSA) is 136 Å². The predicted octanol–water partition coefficient (Wildman–Crippen LogP) is 4.09. The standard InChI is InChI=1S/C9H6N2O2.C7H4ClNO4/c12-11(13)9-5-1-4-8-7(9)3-2-6-10-8;8-4-1-2-6(9(12)13)5(3-4)7(10)11/h1-6H;1-3H,(H,10,11). The van der Waals surface area contributed by atoms with Gasteiger partial charge in [0.25, 0.3) is 11.4 Å². The molecule has 0 atom stereocenters. The third kappa shape index (κ3) is 4.28. The van der Waals surface area contributed by atoms with Gasteiger partial charge in [-0.3, -0.25) is 25.2 Å². The number of hydrogen-bond acceptors (Lipinski definition) is 6. The third-order valence-electron chi connectivity index (χ3n) is 3.21. The number of nitro groups is 2. The summed E-state index contributed by atoms with van der Waals surface area (Å²) in [5, 5.41) is 30.2. The zero-order chi connectivity index (χ0) is 19.3. The van der Waals surface area contributed by atoms with E-state index in [-0.39, 0.29) is 10.7 Å². The van der Waals surface area contributed by atoms with Crippen LogP contribution in [-0.2, 0) is 0 Å². The van der Waals surface area contributed by atoms with Crippen LogP contribution in [0.4, 0.5) is 11.4 Å². The summed E-state index contributed by atoms with van der Waals surface area (Å²) >= 11 is 5.48. The molecule has 1 N–H and O–H groups in total. The molecule has 3 rings (SSSR count). The number of fused-ring (bicyclic) bond motifs is 1. The third-order valence-corrected chi connectivity index (χ3v) is 3.44. The molecule has 132 valence electrons. The fourth-order valence-electron chi connectivity index (χ4n) is 2.09. The summed E-state index contributed by atoms with van der Waals surface area (Å²) in [5.74, 6) is -1.37. The van der Waals surface area contributed by atoms with Crippen LogP contribution in [0.15, 0.2) is 54.7 Å². The second kappa shape index (κ2) is 7.99. The highest BCUT2D eigenvalue weighted by Gasteiger charge is 2.19. The van der Waals surface area contributed by atoms with Gasteiger partial charge in [0.2, 0.25) is 0 Å². The van der Waals surface area contributed by atoms with Gasteiger partial charge >= 0.3 is 5.97 Å². The second-order valence-electron chi connectivity index (χ2n) is 4.83. The molecule has 26 heavy (non-hydrogen) atoms. The van der Waals surface area contributed by atoms with Crippen molar-refractivity contribution in [3.8, 4) is 0 Å². The van der Waals surface area contributed by atoms with E-state index >= 15 is 0 Å². The number of non-ortho nitro benzene ring substituents is 1. The normalized spacial score (nSPS) is 9.88. The van der Waals surface area contributed by atoms with Gasteiger partial charge in [-0.05, 0) is 30.3 Å². The first kappa shape index (κ1) is 18.7. The first-order valence-corrected chi connectivity index (χ1v) is 7.34. The van der Waals surface area contributed by atoms with Gasteiger partial charge in [-0.1, -0.05) is 17.7 Å². The Kier molecular flexibility index (Phi) is 5.76. The fraction of sp³-hybridized carbons (Fsp3) is 0. The van der Waals surface area contributed by atoms with Crippen LogP contribution in [0.3, 0.4) is 0 Å². The summed E-state index contributed by atoms with van der Waals surface area (Å²) in [6.07, 6.45) is 1.62. The molecule has 3 aromatic rings. The number of halogens is 1. The number of aromatic carboxylic acids is 1. The average molecular weight is 376 g/mol. The molecule has 0 saturated carbocycles. The molecule has 0 saturated heterocycles. The van der Waals surface area contributed by atoms with Crippen LogP contribution in [0, 0.1) is 20.2 Å². The van der Waals surface area contributed by atoms with E-state index in [1.165, 1.54) is 12.1 Å². The minimum Gasteiger partial charge on any atom is -0.477 e. The van der Waals surface area contributed by atoms with Crippen molar-refractivity contribution in [1.82, 2.24) is 4.98 Å². The smallest absolute Gasteiger partial charge is 0.342 e. The van der Waals surface area contributed by atoms with Crippen LogP contribution in [0.25, 0.3) is 10.9 Å². The van der Waals surface area contributed by atoms with Crippen LogP contribution < -0.4 is 0 Å². The fourth-order valence-corrected chi connectivity index (χ4v) is 2.26. The van der Waals surface area contributed by atoms with Crippen molar-refractivity contribution in [2.24, 2.45) is 0 Å². The van der Waals surface area contributed by atoms with Gasteiger partial charge in [0.15, 0.2) is 0 Å². The number of nitrogens with zero attached hydrogens (tertiary/aromatic N) is 3. The molecule has 0 aliphatic rings. The molecule has 0 bridgehead atoms. The molecule has 0 radical (unpaired) electrons. The molecule has 2 aromatic carbocycles. The Morgan fingerprint density at radius 1 is 1.00 bits per heavy atom. The lowest BCUT2D eigenvalue weighted by Gasteiger charge is -1.97. The van der Waals surface area contributed by atoms with Crippen LogP contribution >= 0.6 is 11.6 Å². The van der Waals surface area contributed by atoms with Crippen LogP contribution in [0.2, 0.25) is 5.02 Å². The number of benzene rings is 2. The SMILES string of the molecule is O=C(O)c1cc(Cl)ccc1[N+](=O)[O-].O=[N+]([O-])c1cccc2ncccc12. The number of aromatic nitrogens is 1. The number of hydrogen-bond donors (Lipinski definition) is 1. The zero-order valence-electron chi connectivity index (χ0n) is 12.9. The molecule has 0 aliphatic heterocycles. The van der Waals surface area contributed by atoms with Crippen molar-refractivity contribution in [2.75, 3.05) is 0 Å². The monoisotopic (exact) mass is 375 g/mol. The molecule has 10 heteroatoms. The number of carboxylic acid groups (broad SMARTS) is 1. The second-order valence-corrected chi connectivity index (χ2v) is 5.26. The van der Waals surface area contributed by atoms with Crippen molar-refractivity contribution in [2.45, 2.75) is 0 Å². The average Bonchev–Trinajstić information content (AvgIpc) is 2.61. The summed E-state index contributed by atoms with van der Waals surface area (Å²) in [5.41, 5.74) is -0.114. The van der Waals surface area contributed by atoms with Gasteiger partial charge in [0, 0.05) is 23.4 Å². The van der Waals surface area contributed by atoms with Gasteiger partial charge < -0.3 is 5.11 Å². The zero-order valence-corrected chi connectivity index (χ0v) is 13.7. The Morgan fingerprint density at radius 3 is 2.31 bits per heavy atom. The number of pyridine rings is 1. The summed E-state index contributed by atoms with van der Waals surface area (Å²) < 4.78 is 0. The summed E-state index contributed by atoms with van der Waals surface area (Å²) in [6, 6.07) is 11.6. The van der Waals surface area contributed by atoms with E-state index in [0.29, 0.717) is 10.9 Å². The van der Waals surface area contributed by atoms with Gasteiger partial charge in [-0.2, -0.15) is 0 Å². The largest absolute Gasteiger partial charge is 0.477 e. The van der Waals surface area contributed by atoms with Gasteiger partial charge in [0.1, 0.15) is 5.56 Å². The van der Waals surface area contributed by atoms with Crippen LogP contribution in [0.5, 0.6) is 0 Å². The highest BCUT2D eigenvalue weighted by molar-refractivity contribution is 6.31. The minimum atomic E-state index is -1.37. The van der Waals surface area contributed by atoms with Crippen molar-refractivity contribution < 1.29 is 19.7 Å². The first-order chi connectivity index (χ1) is 12.3. The van der Waals surface area contributed by atoms with Crippen LogP contribution in [0.1, 0.15) is 10.4 Å². The van der Waals surface area contributed by atoms with E-state index in [1.807, 2.05) is 0 Å². The molecule has 0 spiro atoms. The van der Waals surface area contributed by atoms with Crippen molar-refractivity contribution in [1.29, 1.82) is 0 Å². The summed E-state index contributed by atoms with van der Waals surface area (Å²) in [4.78, 5) is 34.3. The van der Waals surface area contributed by atoms with E-state index in [9.17, 15) is 25.0 Å². The van der Waals surface area contributed by atoms with E-state index in [0.717, 1.165) is 12.1 Å². The van der Waals surface area contributed by atoms with E-state index in [1.54, 1.807) is 30.5 Å². The van der Waals surface area contributed by atoms with Gasteiger partial charge in [-0.25, -0.2) is 4.79 Å². The first-order valence-electron chi connectivity index (χ1n) is 6.96. The lowest BCUT2D eigenvalue weighted by Crippen LogP contribution is -2.02. The number of carboxylic acids is 1.